The van der Waals surface area contributed by atoms with E-state index in [1.807, 2.05) is 6.07 Å². The van der Waals surface area contributed by atoms with Crippen LogP contribution >= 0.6 is 0 Å². The molecule has 0 saturated carbocycles. The van der Waals surface area contributed by atoms with Crippen molar-refractivity contribution < 1.29 is 38.2 Å². The van der Waals surface area contributed by atoms with E-state index in [-0.39, 0.29) is 52.2 Å². The molecule has 4 atom stereocenters. The third-order valence-electron chi connectivity index (χ3n) is 9.53. The van der Waals surface area contributed by atoms with E-state index in [0.29, 0.717) is 57.1 Å². The molecule has 5 amide bonds. The van der Waals surface area contributed by atoms with Crippen molar-refractivity contribution in [2.45, 2.75) is 57.3 Å². The van der Waals surface area contributed by atoms with E-state index in [0.717, 1.165) is 0 Å². The molecule has 0 aromatic heterocycles. The van der Waals surface area contributed by atoms with Crippen LogP contribution in [0.5, 0.6) is 17.2 Å². The molecule has 3 aromatic rings. The van der Waals surface area contributed by atoms with Gasteiger partial charge in [-0.05, 0) is 92.4 Å². The predicted molar refractivity (Wildman–Crippen MR) is 216 cm³/mol. The Kier molecular flexibility index (Phi) is 16.4. The second kappa shape index (κ2) is 21.3. The Morgan fingerprint density at radius 2 is 1.60 bits per heavy atom. The van der Waals surface area contributed by atoms with Gasteiger partial charge < -0.3 is 57.6 Å². The number of nitrogens with one attached hydrogen (secondary N) is 4. The minimum atomic E-state index is -1.36. The van der Waals surface area contributed by atoms with Gasteiger partial charge in [-0.3, -0.25) is 24.0 Å². The van der Waals surface area contributed by atoms with Crippen LogP contribution in [0.15, 0.2) is 54.6 Å². The second-order valence-corrected chi connectivity index (χ2v) is 13.7. The van der Waals surface area contributed by atoms with Crippen molar-refractivity contribution in [3.8, 4) is 34.4 Å². The molecule has 0 radical (unpaired) electrons. The average Bonchev–Trinajstić information content (AvgIpc) is 3.21. The molecule has 4 bridgehead atoms. The number of amides is 5. The molecular weight excluding hydrogens is 747 g/mol. The quantitative estimate of drug-likeness (QED) is 0.0981. The lowest BCUT2D eigenvalue weighted by Crippen LogP contribution is -2.56. The van der Waals surface area contributed by atoms with Crippen LogP contribution in [0.25, 0.3) is 11.1 Å². The van der Waals surface area contributed by atoms with E-state index in [1.165, 1.54) is 26.0 Å². The molecule has 0 aliphatic carbocycles. The number of carbonyl (C=O) groups excluding carboxylic acids is 5. The highest BCUT2D eigenvalue weighted by molar-refractivity contribution is 6.00. The number of hydrogen-bond acceptors (Lipinski definition) is 12. The van der Waals surface area contributed by atoms with Crippen molar-refractivity contribution in [1.29, 1.82) is 5.26 Å². The van der Waals surface area contributed by atoms with Crippen molar-refractivity contribution in [3.05, 3.63) is 76.9 Å². The fourth-order valence-corrected chi connectivity index (χ4v) is 6.54. The van der Waals surface area contributed by atoms with Gasteiger partial charge in [0.15, 0.2) is 0 Å². The van der Waals surface area contributed by atoms with Gasteiger partial charge in [0.25, 0.3) is 5.91 Å². The molecule has 1 aliphatic heterocycles. The first-order valence-electron chi connectivity index (χ1n) is 19.0. The lowest BCUT2D eigenvalue weighted by atomic mass is 9.93. The zero-order chi connectivity index (χ0) is 42.4. The summed E-state index contributed by atoms with van der Waals surface area (Å²) in [7, 11) is 2.95. The SMILES string of the molecule is COc1ccc(C(=O)N[C@@H](CCCN)C(=O)N(C)[C@@H]2C(=O)N[C@@H](C)C(=O)N[C@H](C(=O)NCC#N)Cc3ccc(OCCN)c(c3)-c3cc2ccc3OCCN)c(C)c1. The van der Waals surface area contributed by atoms with Crippen molar-refractivity contribution in [2.24, 2.45) is 17.2 Å². The second-order valence-electron chi connectivity index (χ2n) is 13.7. The minimum absolute atomic E-state index is 0.0122. The summed E-state index contributed by atoms with van der Waals surface area (Å²) in [5.74, 6) is -1.78. The molecule has 3 aromatic carbocycles. The number of nitriles is 1. The smallest absolute Gasteiger partial charge is 0.252 e. The molecule has 1 aliphatic rings. The number of methoxy groups -OCH3 is 1. The fraction of sp³-hybridized carbons (Fsp3) is 0.415. The first-order chi connectivity index (χ1) is 27.9. The van der Waals surface area contributed by atoms with Crippen LogP contribution in [0.1, 0.15) is 52.9 Å². The van der Waals surface area contributed by atoms with Crippen LogP contribution in [-0.4, -0.2) is 106 Å². The van der Waals surface area contributed by atoms with E-state index in [1.54, 1.807) is 61.5 Å². The number of rotatable bonds is 16. The van der Waals surface area contributed by atoms with Crippen molar-refractivity contribution in [2.75, 3.05) is 53.6 Å². The first-order valence-corrected chi connectivity index (χ1v) is 19.0. The van der Waals surface area contributed by atoms with Gasteiger partial charge in [0.1, 0.15) is 61.2 Å². The van der Waals surface area contributed by atoms with Gasteiger partial charge in [0, 0.05) is 43.2 Å². The monoisotopic (exact) mass is 799 g/mol. The molecule has 4 rings (SSSR count). The molecular formula is C41H53N9O8. The van der Waals surface area contributed by atoms with Gasteiger partial charge in [-0.15, -0.1) is 0 Å². The van der Waals surface area contributed by atoms with Crippen molar-refractivity contribution in [1.82, 2.24) is 26.2 Å². The Bertz CT molecular complexity index is 2000. The molecule has 17 heteroatoms. The normalized spacial score (nSPS) is 17.0. The highest BCUT2D eigenvalue weighted by atomic mass is 16.5. The summed E-state index contributed by atoms with van der Waals surface area (Å²) >= 11 is 0. The molecule has 58 heavy (non-hydrogen) atoms. The van der Waals surface area contributed by atoms with Crippen LogP contribution in [0.3, 0.4) is 0 Å². The fourth-order valence-electron chi connectivity index (χ4n) is 6.54. The Labute approximate surface area is 337 Å². The zero-order valence-electron chi connectivity index (χ0n) is 33.3. The highest BCUT2D eigenvalue weighted by Crippen LogP contribution is 2.40. The molecule has 0 spiro atoms. The number of aryl methyl sites for hydroxylation is 1. The van der Waals surface area contributed by atoms with E-state index < -0.39 is 53.7 Å². The third kappa shape index (κ3) is 11.2. The van der Waals surface area contributed by atoms with Crippen molar-refractivity contribution in [3.63, 3.8) is 0 Å². The number of nitrogens with zero attached hydrogens (tertiary/aromatic N) is 2. The van der Waals surface area contributed by atoms with Gasteiger partial charge in [0.05, 0.1) is 13.2 Å². The average molecular weight is 800 g/mol. The predicted octanol–water partition coefficient (Wildman–Crippen LogP) is 0.568. The molecule has 0 saturated heterocycles. The third-order valence-corrected chi connectivity index (χ3v) is 9.53. The number of ether oxygens (including phenoxy) is 3. The van der Waals surface area contributed by atoms with E-state index in [9.17, 15) is 24.0 Å². The van der Waals surface area contributed by atoms with E-state index >= 15 is 0 Å². The van der Waals surface area contributed by atoms with Crippen LogP contribution in [0.2, 0.25) is 0 Å². The summed E-state index contributed by atoms with van der Waals surface area (Å²) in [5, 5.41) is 19.9. The van der Waals surface area contributed by atoms with Crippen LogP contribution in [-0.2, 0) is 25.6 Å². The van der Waals surface area contributed by atoms with Crippen LogP contribution < -0.4 is 52.7 Å². The van der Waals surface area contributed by atoms with E-state index in [4.69, 9.17) is 36.7 Å². The lowest BCUT2D eigenvalue weighted by Gasteiger charge is -2.33. The van der Waals surface area contributed by atoms with Crippen LogP contribution in [0, 0.1) is 18.3 Å². The van der Waals surface area contributed by atoms with Gasteiger partial charge in [-0.2, -0.15) is 5.26 Å². The number of carbonyl (C=O) groups is 5. The van der Waals surface area contributed by atoms with Gasteiger partial charge >= 0.3 is 0 Å². The summed E-state index contributed by atoms with van der Waals surface area (Å²) in [6.07, 6.45) is 0.551. The number of benzene rings is 3. The van der Waals surface area contributed by atoms with Gasteiger partial charge in [-0.25, -0.2) is 0 Å². The lowest BCUT2D eigenvalue weighted by molar-refractivity contribution is -0.141. The number of hydrogen-bond donors (Lipinski definition) is 7. The number of fused-ring (bicyclic) bond motifs is 5. The Hall–Kier alpha value is -6.22. The summed E-state index contributed by atoms with van der Waals surface area (Å²) in [6.45, 7) is 3.84. The first kappa shape index (κ1) is 44.5. The number of nitrogens with two attached hydrogens (primary N) is 3. The summed E-state index contributed by atoms with van der Waals surface area (Å²) in [6, 6.07) is 12.2. The zero-order valence-corrected chi connectivity index (χ0v) is 33.3. The standard InChI is InChI=1S/C41H53N9O8/c1-24-20-28(56-4)9-10-29(24)38(52)48-32(6-5-13-42)41(55)50(3)36-27-8-12-35(58-19-16-45)31(23-27)30-21-26(7-11-34(30)57-18-15-44)22-33(39(53)46-17-14-43)49-37(51)25(2)47-40(36)54/h7-12,20-21,23,25,32-33,36H,5-6,13,15-19,22,42,44-45H2,1-4H3,(H,46,53)(H,47,54)(H,48,52)(H,49,51)/t25-,32-,33-,36-/m0/s1. The van der Waals surface area contributed by atoms with Crippen LogP contribution in [0.4, 0.5) is 0 Å². The molecule has 17 nitrogen and oxygen atoms in total. The molecule has 10 N–H and O–H groups in total. The van der Waals surface area contributed by atoms with Crippen molar-refractivity contribution >= 4 is 29.5 Å². The summed E-state index contributed by atoms with van der Waals surface area (Å²) in [4.78, 5) is 70.8. The maximum Gasteiger partial charge on any atom is 0.252 e. The molecule has 310 valence electrons. The highest BCUT2D eigenvalue weighted by Gasteiger charge is 2.36. The van der Waals surface area contributed by atoms with Gasteiger partial charge in [0.2, 0.25) is 23.6 Å². The number of likely N-dealkylation sites (N-methyl/N-ethyl adjacent to an activating group) is 1. The largest absolute Gasteiger partial charge is 0.497 e. The topological polar surface area (TPSA) is 266 Å². The van der Waals surface area contributed by atoms with E-state index in [2.05, 4.69) is 21.3 Å². The Balaban J connectivity index is 1.88. The molecule has 0 unspecified atom stereocenters. The molecule has 0 fully saturated rings. The Morgan fingerprint density at radius 1 is 0.931 bits per heavy atom. The summed E-state index contributed by atoms with van der Waals surface area (Å²) < 4.78 is 17.4. The minimum Gasteiger partial charge on any atom is -0.497 e. The summed E-state index contributed by atoms with van der Waals surface area (Å²) in [5.41, 5.74) is 20.4. The maximum absolute atomic E-state index is 14.5. The maximum atomic E-state index is 14.5. The van der Waals surface area contributed by atoms with Gasteiger partial charge in [-0.1, -0.05) is 12.1 Å². The Morgan fingerprint density at radius 3 is 2.22 bits per heavy atom. The molecule has 1 heterocycles.